The Morgan fingerprint density at radius 2 is 1.93 bits per heavy atom. The average Bonchev–Trinajstić information content (AvgIpc) is 2.91. The van der Waals surface area contributed by atoms with E-state index in [9.17, 15) is 5.11 Å². The van der Waals surface area contributed by atoms with Crippen LogP contribution in [0.2, 0.25) is 0 Å². The third-order valence-corrected chi connectivity index (χ3v) is 3.43. The van der Waals surface area contributed by atoms with Gasteiger partial charge >= 0.3 is 0 Å². The van der Waals surface area contributed by atoms with Crippen molar-refractivity contribution >= 4 is 0 Å². The van der Waals surface area contributed by atoms with Crippen molar-refractivity contribution in [2.24, 2.45) is 5.92 Å². The second-order valence-electron chi connectivity index (χ2n) is 4.28. The van der Waals surface area contributed by atoms with Crippen molar-refractivity contribution in [2.45, 2.75) is 38.7 Å². The highest BCUT2D eigenvalue weighted by molar-refractivity contribution is 5.32. The van der Waals surface area contributed by atoms with E-state index < -0.39 is 5.60 Å². The van der Waals surface area contributed by atoms with Gasteiger partial charge in [0, 0.05) is 0 Å². The number of hydrogen-bond donors (Lipinski definition) is 1. The lowest BCUT2D eigenvalue weighted by atomic mass is 10.0. The summed E-state index contributed by atoms with van der Waals surface area (Å²) in [5.74, 6) is 0.481. The highest BCUT2D eigenvalue weighted by atomic mass is 16.3. The van der Waals surface area contributed by atoms with E-state index in [4.69, 9.17) is 0 Å². The summed E-state index contributed by atoms with van der Waals surface area (Å²) in [4.78, 5) is 0. The normalized spacial score (nSPS) is 30.4. The van der Waals surface area contributed by atoms with Crippen LogP contribution in [0.1, 0.15) is 37.8 Å². The number of aryl methyl sites for hydroxylation is 1. The first-order valence-corrected chi connectivity index (χ1v) is 5.52. The van der Waals surface area contributed by atoms with Crippen LogP contribution in [0.5, 0.6) is 0 Å². The minimum absolute atomic E-state index is 0.481. The molecule has 0 amide bonds. The van der Waals surface area contributed by atoms with Crippen molar-refractivity contribution < 1.29 is 5.11 Å². The third kappa shape index (κ3) is 1.46. The predicted octanol–water partition coefficient (Wildman–Crippen LogP) is 2.87. The molecule has 0 saturated heterocycles. The van der Waals surface area contributed by atoms with Crippen LogP contribution in [0.25, 0.3) is 0 Å². The molecule has 1 aliphatic rings. The molecule has 0 aromatic heterocycles. The molecular formula is C13H18O. The maximum absolute atomic E-state index is 10.2. The van der Waals surface area contributed by atoms with E-state index in [1.54, 1.807) is 0 Å². The Kier molecular flexibility index (Phi) is 2.36. The molecule has 1 aromatic rings. The smallest absolute Gasteiger partial charge is 0.0929 e. The zero-order chi connectivity index (χ0) is 10.2. The Hall–Kier alpha value is -0.820. The van der Waals surface area contributed by atoms with E-state index >= 15 is 0 Å². The van der Waals surface area contributed by atoms with E-state index in [2.05, 4.69) is 38.1 Å². The summed E-state index contributed by atoms with van der Waals surface area (Å²) in [6.45, 7) is 4.29. The zero-order valence-corrected chi connectivity index (χ0v) is 8.96. The lowest BCUT2D eigenvalue weighted by molar-refractivity contribution is 0.130. The maximum atomic E-state index is 10.2. The molecule has 1 aromatic carbocycles. The first kappa shape index (κ1) is 9.72. The molecule has 0 radical (unpaired) electrons. The highest BCUT2D eigenvalue weighted by Crippen LogP contribution is 2.53. The fourth-order valence-electron chi connectivity index (χ4n) is 2.18. The molecule has 14 heavy (non-hydrogen) atoms. The second-order valence-corrected chi connectivity index (χ2v) is 4.28. The Labute approximate surface area is 85.8 Å². The van der Waals surface area contributed by atoms with Gasteiger partial charge in [-0.3, -0.25) is 0 Å². The van der Waals surface area contributed by atoms with Crippen molar-refractivity contribution in [3.05, 3.63) is 35.4 Å². The second kappa shape index (κ2) is 3.39. The topological polar surface area (TPSA) is 20.2 Å². The molecule has 1 nitrogen and oxygen atoms in total. The van der Waals surface area contributed by atoms with Gasteiger partial charge in [-0.15, -0.1) is 0 Å². The van der Waals surface area contributed by atoms with Crippen LogP contribution in [0.15, 0.2) is 24.3 Å². The summed E-state index contributed by atoms with van der Waals surface area (Å²) in [6, 6.07) is 8.40. The molecule has 0 heterocycles. The van der Waals surface area contributed by atoms with Gasteiger partial charge < -0.3 is 5.11 Å². The van der Waals surface area contributed by atoms with Gasteiger partial charge in [0.15, 0.2) is 0 Å². The van der Waals surface area contributed by atoms with Crippen LogP contribution < -0.4 is 0 Å². The van der Waals surface area contributed by atoms with Gasteiger partial charge in [0.25, 0.3) is 0 Å². The summed E-state index contributed by atoms with van der Waals surface area (Å²) >= 11 is 0. The fourth-order valence-corrected chi connectivity index (χ4v) is 2.18. The minimum Gasteiger partial charge on any atom is -0.385 e. The van der Waals surface area contributed by atoms with Gasteiger partial charge in [-0.1, -0.05) is 44.5 Å². The Balaban J connectivity index is 2.18. The molecule has 0 aliphatic heterocycles. The van der Waals surface area contributed by atoms with Crippen LogP contribution in [0, 0.1) is 5.92 Å². The van der Waals surface area contributed by atoms with Crippen molar-refractivity contribution in [1.82, 2.24) is 0 Å². The van der Waals surface area contributed by atoms with E-state index in [-0.39, 0.29) is 0 Å². The molecule has 2 unspecified atom stereocenters. The summed E-state index contributed by atoms with van der Waals surface area (Å²) < 4.78 is 0. The molecule has 0 spiro atoms. The largest absolute Gasteiger partial charge is 0.385 e. The third-order valence-electron chi connectivity index (χ3n) is 3.43. The monoisotopic (exact) mass is 190 g/mol. The van der Waals surface area contributed by atoms with Gasteiger partial charge in [0.05, 0.1) is 5.60 Å². The predicted molar refractivity (Wildman–Crippen MR) is 58.1 cm³/mol. The molecule has 1 fully saturated rings. The molecule has 1 N–H and O–H groups in total. The molecule has 2 rings (SSSR count). The van der Waals surface area contributed by atoms with E-state index in [1.807, 2.05) is 0 Å². The van der Waals surface area contributed by atoms with E-state index in [0.717, 1.165) is 24.8 Å². The molecular weight excluding hydrogens is 172 g/mol. The molecule has 76 valence electrons. The van der Waals surface area contributed by atoms with Crippen molar-refractivity contribution in [1.29, 1.82) is 0 Å². The lowest BCUT2D eigenvalue weighted by Gasteiger charge is -2.10. The SMILES string of the molecule is CCc1ccc(C2(O)CC2CC)cc1. The number of benzene rings is 1. The zero-order valence-electron chi connectivity index (χ0n) is 8.96. The van der Waals surface area contributed by atoms with Gasteiger partial charge in [-0.25, -0.2) is 0 Å². The first-order chi connectivity index (χ1) is 6.70. The molecule has 2 atom stereocenters. The summed E-state index contributed by atoms with van der Waals surface area (Å²) in [6.07, 6.45) is 3.08. The van der Waals surface area contributed by atoms with Crippen LogP contribution in [0.3, 0.4) is 0 Å². The fraction of sp³-hybridized carbons (Fsp3) is 0.538. The Bertz CT molecular complexity index is 315. The van der Waals surface area contributed by atoms with Crippen molar-refractivity contribution in [2.75, 3.05) is 0 Å². The van der Waals surface area contributed by atoms with E-state index in [0.29, 0.717) is 5.92 Å². The summed E-state index contributed by atoms with van der Waals surface area (Å²) in [7, 11) is 0. The van der Waals surface area contributed by atoms with Gasteiger partial charge in [-0.2, -0.15) is 0 Å². The first-order valence-electron chi connectivity index (χ1n) is 5.52. The average molecular weight is 190 g/mol. The number of aliphatic hydroxyl groups is 1. The molecule has 0 bridgehead atoms. The maximum Gasteiger partial charge on any atom is 0.0929 e. The number of rotatable bonds is 3. The van der Waals surface area contributed by atoms with Crippen molar-refractivity contribution in [3.8, 4) is 0 Å². The van der Waals surface area contributed by atoms with Gasteiger partial charge in [0.2, 0.25) is 0 Å². The van der Waals surface area contributed by atoms with Gasteiger partial charge in [0.1, 0.15) is 0 Å². The lowest BCUT2D eigenvalue weighted by Crippen LogP contribution is -2.08. The summed E-state index contributed by atoms with van der Waals surface area (Å²) in [5.41, 5.74) is 1.94. The summed E-state index contributed by atoms with van der Waals surface area (Å²) in [5, 5.41) is 10.2. The molecule has 1 aliphatic carbocycles. The standard InChI is InChI=1S/C13H18O/c1-3-10-5-7-12(8-6-10)13(14)9-11(13)4-2/h5-8,11,14H,3-4,9H2,1-2H3. The molecule has 1 heteroatoms. The Morgan fingerprint density at radius 1 is 1.29 bits per heavy atom. The highest BCUT2D eigenvalue weighted by Gasteiger charge is 2.52. The van der Waals surface area contributed by atoms with Crippen LogP contribution >= 0.6 is 0 Å². The Morgan fingerprint density at radius 3 is 2.36 bits per heavy atom. The quantitative estimate of drug-likeness (QED) is 0.777. The van der Waals surface area contributed by atoms with Crippen LogP contribution in [-0.4, -0.2) is 5.11 Å². The van der Waals surface area contributed by atoms with Gasteiger partial charge in [-0.05, 0) is 29.9 Å². The van der Waals surface area contributed by atoms with Crippen LogP contribution in [0.4, 0.5) is 0 Å². The van der Waals surface area contributed by atoms with Crippen molar-refractivity contribution in [3.63, 3.8) is 0 Å². The minimum atomic E-state index is -0.499. The molecule has 1 saturated carbocycles. The van der Waals surface area contributed by atoms with Crippen LogP contribution in [-0.2, 0) is 12.0 Å². The number of hydrogen-bond acceptors (Lipinski definition) is 1. The van der Waals surface area contributed by atoms with E-state index in [1.165, 1.54) is 5.56 Å².